The molecular formula is C26H34N4O2S. The molecule has 0 amide bonds. The van der Waals surface area contributed by atoms with Crippen LogP contribution in [0, 0.1) is 5.92 Å². The lowest BCUT2D eigenvalue weighted by atomic mass is 9.76. The van der Waals surface area contributed by atoms with E-state index in [0.717, 1.165) is 60.6 Å². The molecule has 0 saturated heterocycles. The Kier molecular flexibility index (Phi) is 7.27. The van der Waals surface area contributed by atoms with E-state index in [1.807, 2.05) is 0 Å². The summed E-state index contributed by atoms with van der Waals surface area (Å²) >= 11 is 1.58. The van der Waals surface area contributed by atoms with E-state index in [-0.39, 0.29) is 17.3 Å². The molecule has 1 aliphatic carbocycles. The number of hydrogen-bond donors (Lipinski definition) is 2. The number of ketones is 1. The summed E-state index contributed by atoms with van der Waals surface area (Å²) in [6.45, 7) is 10.5. The van der Waals surface area contributed by atoms with Crippen LogP contribution in [-0.2, 0) is 4.79 Å². The number of aromatic nitrogens is 2. The van der Waals surface area contributed by atoms with Gasteiger partial charge in [0.1, 0.15) is 5.82 Å². The van der Waals surface area contributed by atoms with E-state index in [1.165, 1.54) is 0 Å². The minimum atomic E-state index is -0.388. The molecule has 1 aromatic heterocycles. The summed E-state index contributed by atoms with van der Waals surface area (Å²) in [5, 5.41) is 4.00. The van der Waals surface area contributed by atoms with Gasteiger partial charge in [-0.15, -0.1) is 0 Å². The SMILES string of the molecule is CCN(CC)c1ccc(C2C3=C(CCCC3=O)Nc3nc(SCCC(C)C)[nH]c(=O)c32)cc1. The number of nitrogens with one attached hydrogen (secondary N) is 2. The average Bonchev–Trinajstić information content (AvgIpc) is 2.79. The first-order valence-corrected chi connectivity index (χ1v) is 13.1. The summed E-state index contributed by atoms with van der Waals surface area (Å²) < 4.78 is 0. The molecule has 0 bridgehead atoms. The first kappa shape index (κ1) is 23.6. The quantitative estimate of drug-likeness (QED) is 0.405. The highest BCUT2D eigenvalue weighted by Gasteiger charge is 2.37. The molecule has 4 rings (SSSR count). The number of allylic oxidation sites excluding steroid dienone is 2. The molecule has 0 spiro atoms. The molecule has 33 heavy (non-hydrogen) atoms. The van der Waals surface area contributed by atoms with Crippen LogP contribution < -0.4 is 15.8 Å². The third-order valence-electron chi connectivity index (χ3n) is 6.53. The summed E-state index contributed by atoms with van der Waals surface area (Å²) in [5.74, 6) is 1.84. The van der Waals surface area contributed by atoms with Crippen LogP contribution in [0.1, 0.15) is 70.4 Å². The molecule has 7 heteroatoms. The van der Waals surface area contributed by atoms with Gasteiger partial charge in [-0.05, 0) is 56.7 Å². The van der Waals surface area contributed by atoms with Gasteiger partial charge >= 0.3 is 0 Å². The number of anilines is 2. The number of thioether (sulfide) groups is 1. The molecule has 2 N–H and O–H groups in total. The number of aromatic amines is 1. The Labute approximate surface area is 200 Å². The molecule has 2 aliphatic rings. The average molecular weight is 467 g/mol. The van der Waals surface area contributed by atoms with Crippen molar-refractivity contribution in [1.29, 1.82) is 0 Å². The molecule has 1 atom stereocenters. The number of Topliss-reactive ketones (excluding diaryl/α,β-unsaturated/α-hetero) is 1. The van der Waals surface area contributed by atoms with E-state index in [0.29, 0.717) is 28.9 Å². The minimum Gasteiger partial charge on any atom is -0.372 e. The number of carbonyl (C=O) groups is 1. The molecule has 2 aromatic rings. The van der Waals surface area contributed by atoms with Crippen molar-refractivity contribution >= 4 is 29.1 Å². The van der Waals surface area contributed by atoms with Crippen LogP contribution in [0.15, 0.2) is 45.5 Å². The number of rotatable bonds is 8. The van der Waals surface area contributed by atoms with E-state index < -0.39 is 0 Å². The minimum absolute atomic E-state index is 0.127. The highest BCUT2D eigenvalue weighted by molar-refractivity contribution is 7.99. The van der Waals surface area contributed by atoms with Crippen molar-refractivity contribution in [3.05, 3.63) is 57.0 Å². The van der Waals surface area contributed by atoms with Gasteiger partial charge in [-0.2, -0.15) is 0 Å². The number of fused-ring (bicyclic) bond motifs is 1. The van der Waals surface area contributed by atoms with E-state index in [2.05, 4.69) is 67.2 Å². The summed E-state index contributed by atoms with van der Waals surface area (Å²) in [7, 11) is 0. The standard InChI is InChI=1S/C26H34N4O2S/c1-5-30(6-2)18-12-10-17(11-13-18)21-22-19(8-7-9-20(22)31)27-24-23(21)25(32)29-26(28-24)33-15-14-16(3)4/h10-13,16,21H,5-9,14-15H2,1-4H3,(H2,27,28,29,32). The number of carbonyl (C=O) groups excluding carboxylic acids is 1. The smallest absolute Gasteiger partial charge is 0.257 e. The number of nitrogens with zero attached hydrogens (tertiary/aromatic N) is 2. The molecule has 0 fully saturated rings. The molecule has 0 radical (unpaired) electrons. The van der Waals surface area contributed by atoms with Crippen LogP contribution in [0.2, 0.25) is 0 Å². The fourth-order valence-electron chi connectivity index (χ4n) is 4.70. The van der Waals surface area contributed by atoms with Crippen LogP contribution in [0.3, 0.4) is 0 Å². The van der Waals surface area contributed by atoms with Crippen LogP contribution in [0.4, 0.5) is 11.5 Å². The number of benzene rings is 1. The maximum absolute atomic E-state index is 13.3. The maximum Gasteiger partial charge on any atom is 0.257 e. The van der Waals surface area contributed by atoms with Gasteiger partial charge in [-0.25, -0.2) is 4.98 Å². The normalized spacial score (nSPS) is 17.6. The summed E-state index contributed by atoms with van der Waals surface area (Å²) in [6, 6.07) is 8.31. The van der Waals surface area contributed by atoms with Crippen LogP contribution in [-0.4, -0.2) is 34.6 Å². The zero-order chi connectivity index (χ0) is 23.5. The third kappa shape index (κ3) is 4.88. The Morgan fingerprint density at radius 1 is 1.12 bits per heavy atom. The van der Waals surface area contributed by atoms with Crippen molar-refractivity contribution in [1.82, 2.24) is 9.97 Å². The largest absolute Gasteiger partial charge is 0.372 e. The van der Waals surface area contributed by atoms with Gasteiger partial charge in [0.2, 0.25) is 0 Å². The molecule has 1 aliphatic heterocycles. The Hall–Kier alpha value is -2.54. The topological polar surface area (TPSA) is 78.1 Å². The second kappa shape index (κ2) is 10.2. The van der Waals surface area contributed by atoms with Crippen LogP contribution in [0.25, 0.3) is 0 Å². The fraction of sp³-hybridized carbons (Fsp3) is 0.500. The predicted octanol–water partition coefficient (Wildman–Crippen LogP) is 5.32. The van der Waals surface area contributed by atoms with Crippen molar-refractivity contribution < 1.29 is 4.79 Å². The molecule has 176 valence electrons. The van der Waals surface area contributed by atoms with Gasteiger partial charge in [0, 0.05) is 48.1 Å². The van der Waals surface area contributed by atoms with Gasteiger partial charge in [-0.1, -0.05) is 37.7 Å². The third-order valence-corrected chi connectivity index (χ3v) is 7.43. The zero-order valence-corrected chi connectivity index (χ0v) is 20.8. The van der Waals surface area contributed by atoms with Gasteiger partial charge in [0.05, 0.1) is 5.56 Å². The van der Waals surface area contributed by atoms with E-state index in [9.17, 15) is 9.59 Å². The van der Waals surface area contributed by atoms with Crippen LogP contribution in [0.5, 0.6) is 0 Å². The van der Waals surface area contributed by atoms with Gasteiger partial charge < -0.3 is 15.2 Å². The van der Waals surface area contributed by atoms with Gasteiger partial charge in [0.25, 0.3) is 5.56 Å². The second-order valence-electron chi connectivity index (χ2n) is 9.16. The number of H-pyrrole nitrogens is 1. The Bertz CT molecular complexity index is 1100. The molecular weight excluding hydrogens is 432 g/mol. The second-order valence-corrected chi connectivity index (χ2v) is 10.2. The lowest BCUT2D eigenvalue weighted by Crippen LogP contribution is -2.32. The summed E-state index contributed by atoms with van der Waals surface area (Å²) in [5.41, 5.74) is 4.15. The van der Waals surface area contributed by atoms with Gasteiger partial charge in [-0.3, -0.25) is 9.59 Å². The zero-order valence-electron chi connectivity index (χ0n) is 20.0. The Morgan fingerprint density at radius 2 is 1.85 bits per heavy atom. The van der Waals surface area contributed by atoms with Crippen LogP contribution >= 0.6 is 11.8 Å². The monoisotopic (exact) mass is 466 g/mol. The first-order valence-electron chi connectivity index (χ1n) is 12.1. The van der Waals surface area contributed by atoms with E-state index in [4.69, 9.17) is 4.98 Å². The lowest BCUT2D eigenvalue weighted by Gasteiger charge is -2.33. The highest BCUT2D eigenvalue weighted by atomic mass is 32.2. The lowest BCUT2D eigenvalue weighted by molar-refractivity contribution is -0.116. The molecule has 1 aromatic carbocycles. The molecule has 2 heterocycles. The van der Waals surface area contributed by atoms with Gasteiger partial charge in [0.15, 0.2) is 10.9 Å². The molecule has 1 unspecified atom stereocenters. The molecule has 6 nitrogen and oxygen atoms in total. The van der Waals surface area contributed by atoms with Crippen molar-refractivity contribution in [2.45, 2.75) is 64.5 Å². The fourth-order valence-corrected chi connectivity index (χ4v) is 5.80. The predicted molar refractivity (Wildman–Crippen MR) is 136 cm³/mol. The maximum atomic E-state index is 13.3. The summed E-state index contributed by atoms with van der Waals surface area (Å²) in [4.78, 5) is 36.4. The highest BCUT2D eigenvalue weighted by Crippen LogP contribution is 2.43. The number of hydrogen-bond acceptors (Lipinski definition) is 6. The Balaban J connectivity index is 1.76. The van der Waals surface area contributed by atoms with Crippen molar-refractivity contribution in [2.24, 2.45) is 5.92 Å². The van der Waals surface area contributed by atoms with Crippen molar-refractivity contribution in [3.63, 3.8) is 0 Å². The summed E-state index contributed by atoms with van der Waals surface area (Å²) in [6.07, 6.45) is 3.22. The van der Waals surface area contributed by atoms with Crippen molar-refractivity contribution in [3.8, 4) is 0 Å². The van der Waals surface area contributed by atoms with E-state index >= 15 is 0 Å². The van der Waals surface area contributed by atoms with E-state index in [1.54, 1.807) is 11.8 Å². The Morgan fingerprint density at radius 3 is 2.52 bits per heavy atom. The molecule has 0 saturated carbocycles. The van der Waals surface area contributed by atoms with Crippen molar-refractivity contribution in [2.75, 3.05) is 29.1 Å². The first-order chi connectivity index (χ1) is 15.9.